The van der Waals surface area contributed by atoms with E-state index in [0.717, 1.165) is 18.6 Å². The SMILES string of the molecule is COC(=O)C1(CN)CC(C2CCCCC2)=NO1. The van der Waals surface area contributed by atoms with E-state index in [9.17, 15) is 4.79 Å². The van der Waals surface area contributed by atoms with E-state index < -0.39 is 11.6 Å². The van der Waals surface area contributed by atoms with E-state index in [1.165, 1.54) is 26.4 Å². The van der Waals surface area contributed by atoms with Crippen molar-refractivity contribution >= 4 is 11.7 Å². The van der Waals surface area contributed by atoms with Gasteiger partial charge in [-0.3, -0.25) is 0 Å². The lowest BCUT2D eigenvalue weighted by atomic mass is 9.82. The molecular formula is C12H20N2O3. The molecule has 0 spiro atoms. The van der Waals surface area contributed by atoms with E-state index in [4.69, 9.17) is 15.3 Å². The molecule has 96 valence electrons. The number of esters is 1. The van der Waals surface area contributed by atoms with Crippen LogP contribution >= 0.6 is 0 Å². The van der Waals surface area contributed by atoms with Crippen LogP contribution < -0.4 is 5.73 Å². The van der Waals surface area contributed by atoms with Gasteiger partial charge in [0, 0.05) is 18.9 Å². The first kappa shape index (κ1) is 12.4. The van der Waals surface area contributed by atoms with Crippen molar-refractivity contribution in [2.75, 3.05) is 13.7 Å². The van der Waals surface area contributed by atoms with Gasteiger partial charge in [0.05, 0.1) is 12.8 Å². The van der Waals surface area contributed by atoms with Crippen molar-refractivity contribution in [3.63, 3.8) is 0 Å². The van der Waals surface area contributed by atoms with Crippen molar-refractivity contribution in [3.05, 3.63) is 0 Å². The van der Waals surface area contributed by atoms with Crippen molar-refractivity contribution in [3.8, 4) is 0 Å². The molecule has 1 unspecified atom stereocenters. The standard InChI is InChI=1S/C12H20N2O3/c1-16-11(15)12(8-13)7-10(14-17-12)9-5-3-2-4-6-9/h9H,2-8,13H2,1H3. The van der Waals surface area contributed by atoms with Crippen LogP contribution in [-0.2, 0) is 14.4 Å². The molecule has 0 aromatic carbocycles. The van der Waals surface area contributed by atoms with Crippen LogP contribution in [0.2, 0.25) is 0 Å². The number of hydrogen-bond donors (Lipinski definition) is 1. The molecule has 5 heteroatoms. The number of nitrogens with zero attached hydrogens (tertiary/aromatic N) is 1. The van der Waals surface area contributed by atoms with Gasteiger partial charge < -0.3 is 15.3 Å². The molecule has 17 heavy (non-hydrogen) atoms. The highest BCUT2D eigenvalue weighted by molar-refractivity contribution is 5.95. The third-order valence-corrected chi connectivity index (χ3v) is 3.77. The lowest BCUT2D eigenvalue weighted by molar-refractivity contribution is -0.165. The minimum absolute atomic E-state index is 0.111. The van der Waals surface area contributed by atoms with Crippen molar-refractivity contribution in [1.29, 1.82) is 0 Å². The summed E-state index contributed by atoms with van der Waals surface area (Å²) >= 11 is 0. The van der Waals surface area contributed by atoms with Crippen LogP contribution in [0.25, 0.3) is 0 Å². The van der Waals surface area contributed by atoms with E-state index in [0.29, 0.717) is 12.3 Å². The number of methoxy groups -OCH3 is 1. The Balaban J connectivity index is 2.02. The summed E-state index contributed by atoms with van der Waals surface area (Å²) in [6, 6.07) is 0. The summed E-state index contributed by atoms with van der Waals surface area (Å²) < 4.78 is 4.75. The van der Waals surface area contributed by atoms with Crippen LogP contribution in [0.5, 0.6) is 0 Å². The monoisotopic (exact) mass is 240 g/mol. The molecule has 2 rings (SSSR count). The van der Waals surface area contributed by atoms with E-state index in [1.54, 1.807) is 0 Å². The Labute approximate surface area is 101 Å². The van der Waals surface area contributed by atoms with Gasteiger partial charge in [-0.2, -0.15) is 0 Å². The quantitative estimate of drug-likeness (QED) is 0.752. The summed E-state index contributed by atoms with van der Waals surface area (Å²) in [4.78, 5) is 17.0. The second-order valence-electron chi connectivity index (χ2n) is 4.88. The fraction of sp³-hybridized carbons (Fsp3) is 0.833. The zero-order chi connectivity index (χ0) is 12.3. The maximum atomic E-state index is 11.7. The highest BCUT2D eigenvalue weighted by Gasteiger charge is 2.48. The first-order valence-electron chi connectivity index (χ1n) is 6.25. The van der Waals surface area contributed by atoms with Crippen molar-refractivity contribution < 1.29 is 14.4 Å². The minimum Gasteiger partial charge on any atom is -0.466 e. The summed E-state index contributed by atoms with van der Waals surface area (Å²) in [5.41, 5.74) is 5.56. The predicted octanol–water partition coefficient (Wildman–Crippen LogP) is 1.21. The summed E-state index contributed by atoms with van der Waals surface area (Å²) in [6.45, 7) is 0.111. The van der Waals surface area contributed by atoms with Gasteiger partial charge in [-0.1, -0.05) is 24.4 Å². The third-order valence-electron chi connectivity index (χ3n) is 3.77. The largest absolute Gasteiger partial charge is 0.466 e. The van der Waals surface area contributed by atoms with Crippen LogP contribution in [0.3, 0.4) is 0 Å². The van der Waals surface area contributed by atoms with E-state index in [1.807, 2.05) is 0 Å². The Bertz CT molecular complexity index is 324. The number of carbonyl (C=O) groups excluding carboxylic acids is 1. The Morgan fingerprint density at radius 1 is 1.53 bits per heavy atom. The van der Waals surface area contributed by atoms with Crippen LogP contribution in [0.15, 0.2) is 5.16 Å². The van der Waals surface area contributed by atoms with E-state index in [2.05, 4.69) is 5.16 Å². The molecule has 0 aromatic rings. The van der Waals surface area contributed by atoms with E-state index in [-0.39, 0.29) is 6.54 Å². The van der Waals surface area contributed by atoms with Gasteiger partial charge in [-0.25, -0.2) is 4.79 Å². The fourth-order valence-electron chi connectivity index (χ4n) is 2.65. The summed E-state index contributed by atoms with van der Waals surface area (Å²) in [6.07, 6.45) is 6.54. The molecule has 1 aliphatic carbocycles. The average Bonchev–Trinajstić information content (AvgIpc) is 2.84. The molecule has 5 nitrogen and oxygen atoms in total. The maximum Gasteiger partial charge on any atom is 0.354 e. The number of carbonyl (C=O) groups is 1. The Hall–Kier alpha value is -1.10. The molecule has 0 saturated heterocycles. The lowest BCUT2D eigenvalue weighted by Crippen LogP contribution is -2.47. The van der Waals surface area contributed by atoms with Crippen molar-refractivity contribution in [2.45, 2.75) is 44.1 Å². The fourth-order valence-corrected chi connectivity index (χ4v) is 2.65. The first-order chi connectivity index (χ1) is 8.22. The van der Waals surface area contributed by atoms with Crippen LogP contribution in [-0.4, -0.2) is 30.9 Å². The second-order valence-corrected chi connectivity index (χ2v) is 4.88. The third kappa shape index (κ3) is 2.29. The molecule has 1 heterocycles. The van der Waals surface area contributed by atoms with E-state index >= 15 is 0 Å². The Morgan fingerprint density at radius 2 is 2.24 bits per heavy atom. The Morgan fingerprint density at radius 3 is 2.82 bits per heavy atom. The molecule has 1 fully saturated rings. The average molecular weight is 240 g/mol. The van der Waals surface area contributed by atoms with Crippen molar-refractivity contribution in [2.24, 2.45) is 16.8 Å². The van der Waals surface area contributed by atoms with Gasteiger partial charge in [0.15, 0.2) is 0 Å². The normalized spacial score (nSPS) is 29.6. The van der Waals surface area contributed by atoms with Gasteiger partial charge in [0.25, 0.3) is 5.60 Å². The van der Waals surface area contributed by atoms with Gasteiger partial charge in [-0.15, -0.1) is 0 Å². The van der Waals surface area contributed by atoms with Gasteiger partial charge in [0.2, 0.25) is 0 Å². The molecule has 2 aliphatic rings. The lowest BCUT2D eigenvalue weighted by Gasteiger charge is -2.23. The highest BCUT2D eigenvalue weighted by Crippen LogP contribution is 2.33. The Kier molecular flexibility index (Phi) is 3.66. The number of hydrogen-bond acceptors (Lipinski definition) is 5. The number of oxime groups is 1. The van der Waals surface area contributed by atoms with Gasteiger partial charge >= 0.3 is 5.97 Å². The number of rotatable bonds is 3. The van der Waals surface area contributed by atoms with Crippen LogP contribution in [0, 0.1) is 5.92 Å². The summed E-state index contributed by atoms with van der Waals surface area (Å²) in [5.74, 6) is 0.0383. The molecule has 1 saturated carbocycles. The first-order valence-corrected chi connectivity index (χ1v) is 6.25. The number of nitrogens with two attached hydrogens (primary N) is 1. The smallest absolute Gasteiger partial charge is 0.354 e. The summed E-state index contributed by atoms with van der Waals surface area (Å²) in [7, 11) is 1.35. The molecular weight excluding hydrogens is 220 g/mol. The molecule has 0 aromatic heterocycles. The minimum atomic E-state index is -1.07. The van der Waals surface area contributed by atoms with Gasteiger partial charge in [-0.05, 0) is 12.8 Å². The molecule has 0 amide bonds. The molecule has 1 atom stereocenters. The summed E-state index contributed by atoms with van der Waals surface area (Å²) in [5, 5.41) is 4.09. The molecule has 1 aliphatic heterocycles. The van der Waals surface area contributed by atoms with Crippen molar-refractivity contribution in [1.82, 2.24) is 0 Å². The maximum absolute atomic E-state index is 11.7. The molecule has 0 radical (unpaired) electrons. The molecule has 2 N–H and O–H groups in total. The second kappa shape index (κ2) is 5.04. The zero-order valence-corrected chi connectivity index (χ0v) is 10.3. The van der Waals surface area contributed by atoms with Crippen LogP contribution in [0.4, 0.5) is 0 Å². The van der Waals surface area contributed by atoms with Crippen LogP contribution in [0.1, 0.15) is 38.5 Å². The topological polar surface area (TPSA) is 73.9 Å². The predicted molar refractivity (Wildman–Crippen MR) is 63.5 cm³/mol. The number of ether oxygens (including phenoxy) is 1. The van der Waals surface area contributed by atoms with Gasteiger partial charge in [0.1, 0.15) is 0 Å². The molecule has 0 bridgehead atoms. The zero-order valence-electron chi connectivity index (χ0n) is 10.3. The highest BCUT2D eigenvalue weighted by atomic mass is 16.7.